The Bertz CT molecular complexity index is 1800. The standard InChI is InChI=1S/C33H33F2N7O/c34-25-10-2-7-21-6-1-9-23(27(21)25)29-28(35)30-24(18-36-29)31(41-15-3-8-22(19-41)26-11-14-37-40-26)39-32(38-30)43-20-33-12-4-16-42(33)17-5-13-33/h1-2,6-7,9-11,14,18,22H,3-5,8,12-13,15-17,19-20H2,(H,37,40). The predicted molar refractivity (Wildman–Crippen MR) is 161 cm³/mol. The molecule has 43 heavy (non-hydrogen) atoms. The first-order valence-electron chi connectivity index (χ1n) is 15.3. The van der Waals surface area contributed by atoms with E-state index in [4.69, 9.17) is 9.72 Å². The molecule has 8 nitrogen and oxygen atoms in total. The maximum atomic E-state index is 16.6. The van der Waals surface area contributed by atoms with Crippen LogP contribution in [0.4, 0.5) is 14.6 Å². The average molecular weight is 582 g/mol. The lowest BCUT2D eigenvalue weighted by Gasteiger charge is -2.34. The lowest BCUT2D eigenvalue weighted by atomic mass is 9.94. The summed E-state index contributed by atoms with van der Waals surface area (Å²) in [5, 5.41) is 8.79. The fourth-order valence-corrected chi connectivity index (χ4v) is 7.58. The van der Waals surface area contributed by atoms with Gasteiger partial charge in [-0.2, -0.15) is 15.1 Å². The summed E-state index contributed by atoms with van der Waals surface area (Å²) in [7, 11) is 0. The van der Waals surface area contributed by atoms with Crippen molar-refractivity contribution in [2.45, 2.75) is 50.0 Å². The van der Waals surface area contributed by atoms with Crippen molar-refractivity contribution in [3.8, 4) is 17.3 Å². The zero-order valence-corrected chi connectivity index (χ0v) is 23.9. The molecule has 2 aromatic carbocycles. The molecule has 0 bridgehead atoms. The predicted octanol–water partition coefficient (Wildman–Crippen LogP) is 6.24. The van der Waals surface area contributed by atoms with Gasteiger partial charge in [0.1, 0.15) is 29.5 Å². The highest BCUT2D eigenvalue weighted by Gasteiger charge is 2.45. The number of hydrogen-bond acceptors (Lipinski definition) is 7. The highest BCUT2D eigenvalue weighted by Crippen LogP contribution is 2.40. The van der Waals surface area contributed by atoms with Gasteiger partial charge in [-0.3, -0.25) is 15.0 Å². The number of halogens is 2. The Morgan fingerprint density at radius 3 is 2.63 bits per heavy atom. The topological polar surface area (TPSA) is 83.1 Å². The molecule has 3 aromatic heterocycles. The van der Waals surface area contributed by atoms with E-state index in [-0.39, 0.29) is 28.7 Å². The van der Waals surface area contributed by atoms with Gasteiger partial charge in [-0.15, -0.1) is 0 Å². The number of aromatic nitrogens is 5. The van der Waals surface area contributed by atoms with Gasteiger partial charge in [-0.25, -0.2) is 8.78 Å². The molecule has 1 atom stereocenters. The number of anilines is 1. The number of ether oxygens (including phenoxy) is 1. The molecular weight excluding hydrogens is 548 g/mol. The molecule has 10 heteroatoms. The minimum Gasteiger partial charge on any atom is -0.461 e. The minimum atomic E-state index is -0.606. The Hall–Kier alpha value is -4.18. The van der Waals surface area contributed by atoms with E-state index in [0.717, 1.165) is 63.9 Å². The van der Waals surface area contributed by atoms with Gasteiger partial charge in [-0.05, 0) is 69.1 Å². The third kappa shape index (κ3) is 4.50. The van der Waals surface area contributed by atoms with Crippen LogP contribution in [0.2, 0.25) is 0 Å². The van der Waals surface area contributed by atoms with Gasteiger partial charge >= 0.3 is 6.01 Å². The second-order valence-corrected chi connectivity index (χ2v) is 12.2. The summed E-state index contributed by atoms with van der Waals surface area (Å²) in [5.74, 6) is -0.174. The molecule has 3 aliphatic rings. The van der Waals surface area contributed by atoms with Crippen molar-refractivity contribution in [2.24, 2.45) is 0 Å². The van der Waals surface area contributed by atoms with Crippen molar-refractivity contribution in [2.75, 3.05) is 37.7 Å². The molecule has 0 radical (unpaired) electrons. The molecule has 1 unspecified atom stereocenters. The molecule has 6 heterocycles. The second-order valence-electron chi connectivity index (χ2n) is 12.2. The van der Waals surface area contributed by atoms with Crippen LogP contribution in [-0.4, -0.2) is 68.4 Å². The molecule has 5 aromatic rings. The van der Waals surface area contributed by atoms with Crippen LogP contribution < -0.4 is 9.64 Å². The third-order valence-corrected chi connectivity index (χ3v) is 9.72. The van der Waals surface area contributed by atoms with Crippen LogP contribution in [0.5, 0.6) is 6.01 Å². The Kier molecular flexibility index (Phi) is 6.47. The maximum Gasteiger partial charge on any atom is 0.319 e. The molecule has 0 saturated carbocycles. The van der Waals surface area contributed by atoms with Gasteiger partial charge in [0.15, 0.2) is 5.82 Å². The summed E-state index contributed by atoms with van der Waals surface area (Å²) < 4.78 is 38.0. The van der Waals surface area contributed by atoms with Gasteiger partial charge in [0.05, 0.1) is 10.9 Å². The number of piperidine rings is 1. The summed E-state index contributed by atoms with van der Waals surface area (Å²) in [6.07, 6.45) is 9.84. The van der Waals surface area contributed by atoms with Crippen LogP contribution in [0.1, 0.15) is 50.1 Å². The fourth-order valence-electron chi connectivity index (χ4n) is 7.58. The van der Waals surface area contributed by atoms with Crippen molar-refractivity contribution < 1.29 is 13.5 Å². The van der Waals surface area contributed by atoms with Gasteiger partial charge in [0, 0.05) is 48.0 Å². The van der Waals surface area contributed by atoms with Crippen molar-refractivity contribution in [1.29, 1.82) is 0 Å². The van der Waals surface area contributed by atoms with Crippen LogP contribution in [0, 0.1) is 11.6 Å². The number of aromatic amines is 1. The van der Waals surface area contributed by atoms with Crippen LogP contribution >= 0.6 is 0 Å². The lowest BCUT2D eigenvalue weighted by Crippen LogP contribution is -2.43. The molecule has 0 amide bonds. The molecular formula is C33H33F2N7O. The van der Waals surface area contributed by atoms with Crippen LogP contribution in [0.3, 0.4) is 0 Å². The number of pyridine rings is 1. The fraction of sp³-hybridized carbons (Fsp3) is 0.394. The van der Waals surface area contributed by atoms with Gasteiger partial charge in [-0.1, -0.05) is 30.3 Å². The molecule has 3 saturated heterocycles. The first-order chi connectivity index (χ1) is 21.1. The molecule has 8 rings (SSSR count). The van der Waals surface area contributed by atoms with Crippen molar-refractivity contribution in [1.82, 2.24) is 30.0 Å². The lowest BCUT2D eigenvalue weighted by molar-refractivity contribution is 0.108. The summed E-state index contributed by atoms with van der Waals surface area (Å²) in [5.41, 5.74) is 1.66. The monoisotopic (exact) mass is 581 g/mol. The van der Waals surface area contributed by atoms with Crippen LogP contribution in [-0.2, 0) is 0 Å². The third-order valence-electron chi connectivity index (χ3n) is 9.72. The number of H-pyrrole nitrogens is 1. The first-order valence-corrected chi connectivity index (χ1v) is 15.3. The van der Waals surface area contributed by atoms with E-state index in [1.807, 2.05) is 18.2 Å². The number of benzene rings is 2. The van der Waals surface area contributed by atoms with E-state index < -0.39 is 11.6 Å². The highest BCUT2D eigenvalue weighted by molar-refractivity contribution is 5.99. The molecule has 0 aliphatic carbocycles. The quantitative estimate of drug-likeness (QED) is 0.254. The molecule has 1 N–H and O–H groups in total. The Morgan fingerprint density at radius 2 is 1.81 bits per heavy atom. The summed E-state index contributed by atoms with van der Waals surface area (Å²) in [6.45, 7) is 4.11. The van der Waals surface area contributed by atoms with Crippen LogP contribution in [0.15, 0.2) is 54.9 Å². The van der Waals surface area contributed by atoms with E-state index in [1.54, 1.807) is 30.6 Å². The van der Waals surface area contributed by atoms with E-state index in [1.165, 1.54) is 6.07 Å². The molecule has 0 spiro atoms. The molecule has 220 valence electrons. The van der Waals surface area contributed by atoms with Gasteiger partial charge in [0.2, 0.25) is 0 Å². The Morgan fingerprint density at radius 1 is 0.977 bits per heavy atom. The second kappa shape index (κ2) is 10.5. The highest BCUT2D eigenvalue weighted by atomic mass is 19.1. The zero-order chi connectivity index (χ0) is 29.0. The molecule has 3 aliphatic heterocycles. The number of nitrogens with zero attached hydrogens (tertiary/aromatic N) is 6. The minimum absolute atomic E-state index is 0.00224. The smallest absolute Gasteiger partial charge is 0.319 e. The van der Waals surface area contributed by atoms with E-state index >= 15 is 8.78 Å². The Labute approximate surface area is 248 Å². The number of nitrogens with one attached hydrogen (secondary N) is 1. The molecule has 3 fully saturated rings. The number of rotatable bonds is 6. The number of fused-ring (bicyclic) bond motifs is 3. The van der Waals surface area contributed by atoms with E-state index in [9.17, 15) is 0 Å². The van der Waals surface area contributed by atoms with Crippen molar-refractivity contribution in [3.63, 3.8) is 0 Å². The zero-order valence-electron chi connectivity index (χ0n) is 23.9. The van der Waals surface area contributed by atoms with E-state index in [2.05, 4.69) is 30.0 Å². The van der Waals surface area contributed by atoms with Crippen molar-refractivity contribution >= 4 is 27.5 Å². The SMILES string of the molecule is Fc1c(-c2cccc3cccc(F)c23)ncc2c(N3CCCC(c4ccn[nH]4)C3)nc(OCC34CCCN3CCC4)nc12. The summed E-state index contributed by atoms with van der Waals surface area (Å²) >= 11 is 0. The van der Waals surface area contributed by atoms with Crippen molar-refractivity contribution in [3.05, 3.63) is 72.2 Å². The summed E-state index contributed by atoms with van der Waals surface area (Å²) in [4.78, 5) is 18.8. The summed E-state index contributed by atoms with van der Waals surface area (Å²) in [6, 6.07) is 12.3. The number of hydrogen-bond donors (Lipinski definition) is 1. The maximum absolute atomic E-state index is 16.6. The largest absolute Gasteiger partial charge is 0.461 e. The van der Waals surface area contributed by atoms with Gasteiger partial charge < -0.3 is 9.64 Å². The Balaban J connectivity index is 1.24. The van der Waals surface area contributed by atoms with Crippen LogP contribution in [0.25, 0.3) is 32.9 Å². The first kappa shape index (κ1) is 26.4. The average Bonchev–Trinajstić information content (AvgIpc) is 3.79. The van der Waals surface area contributed by atoms with E-state index in [0.29, 0.717) is 40.7 Å². The normalized spacial score (nSPS) is 20.2. The van der Waals surface area contributed by atoms with Gasteiger partial charge in [0.25, 0.3) is 0 Å².